The SMILES string of the molecule is O=C(Nc1ccc(OC(=O)[C@@H]2COc3ccccc3C2)cc1)c1ccccc1. The van der Waals surface area contributed by atoms with Crippen LogP contribution in [0.25, 0.3) is 0 Å². The number of carbonyl (C=O) groups is 2. The standard InChI is InChI=1S/C23H19NO4/c25-22(16-6-2-1-3-7-16)24-19-10-12-20(13-11-19)28-23(26)18-14-17-8-4-5-9-21(17)27-15-18/h1-13,18H,14-15H2,(H,24,25)/t18-/m0/s1. The molecule has 5 heteroatoms. The van der Waals surface area contributed by atoms with Crippen molar-refractivity contribution in [3.63, 3.8) is 0 Å². The average Bonchev–Trinajstić information content (AvgIpc) is 2.75. The van der Waals surface area contributed by atoms with Gasteiger partial charge >= 0.3 is 5.97 Å². The molecule has 1 aliphatic rings. The Morgan fingerprint density at radius 2 is 1.61 bits per heavy atom. The van der Waals surface area contributed by atoms with Gasteiger partial charge in [-0.05, 0) is 54.4 Å². The first-order valence-corrected chi connectivity index (χ1v) is 9.08. The molecule has 3 aromatic carbocycles. The Kier molecular flexibility index (Phi) is 5.06. The van der Waals surface area contributed by atoms with E-state index in [1.807, 2.05) is 42.5 Å². The topological polar surface area (TPSA) is 64.6 Å². The molecule has 1 atom stereocenters. The van der Waals surface area contributed by atoms with E-state index >= 15 is 0 Å². The zero-order valence-corrected chi connectivity index (χ0v) is 15.1. The quantitative estimate of drug-likeness (QED) is 0.552. The molecule has 0 saturated carbocycles. The second-order valence-corrected chi connectivity index (χ2v) is 6.59. The van der Waals surface area contributed by atoms with Crippen LogP contribution in [0.1, 0.15) is 15.9 Å². The van der Waals surface area contributed by atoms with Crippen LogP contribution in [-0.4, -0.2) is 18.5 Å². The molecular formula is C23H19NO4. The van der Waals surface area contributed by atoms with E-state index in [1.165, 1.54) is 0 Å². The van der Waals surface area contributed by atoms with Crippen molar-refractivity contribution in [2.45, 2.75) is 6.42 Å². The first kappa shape index (κ1) is 17.8. The van der Waals surface area contributed by atoms with Crippen molar-refractivity contribution in [1.29, 1.82) is 0 Å². The number of esters is 1. The monoisotopic (exact) mass is 373 g/mol. The van der Waals surface area contributed by atoms with Gasteiger partial charge in [-0.1, -0.05) is 36.4 Å². The van der Waals surface area contributed by atoms with Crippen LogP contribution < -0.4 is 14.8 Å². The molecule has 1 amide bonds. The number of ether oxygens (including phenoxy) is 2. The van der Waals surface area contributed by atoms with Crippen molar-refractivity contribution in [2.24, 2.45) is 5.92 Å². The summed E-state index contributed by atoms with van der Waals surface area (Å²) >= 11 is 0. The number of nitrogens with one attached hydrogen (secondary N) is 1. The maximum Gasteiger partial charge on any atom is 0.318 e. The number of carbonyl (C=O) groups excluding carboxylic acids is 2. The molecule has 0 radical (unpaired) electrons. The summed E-state index contributed by atoms with van der Waals surface area (Å²) in [5.41, 5.74) is 2.22. The third kappa shape index (κ3) is 4.04. The van der Waals surface area contributed by atoms with E-state index in [4.69, 9.17) is 9.47 Å². The fourth-order valence-corrected chi connectivity index (χ4v) is 3.08. The van der Waals surface area contributed by atoms with Gasteiger partial charge in [0.1, 0.15) is 18.1 Å². The van der Waals surface area contributed by atoms with E-state index in [-0.39, 0.29) is 17.8 Å². The summed E-state index contributed by atoms with van der Waals surface area (Å²) in [6.45, 7) is 0.307. The summed E-state index contributed by atoms with van der Waals surface area (Å²) in [5, 5.41) is 2.81. The predicted octanol–water partition coefficient (Wildman–Crippen LogP) is 4.10. The minimum atomic E-state index is -0.340. The van der Waals surface area contributed by atoms with Gasteiger partial charge in [0.2, 0.25) is 0 Å². The molecule has 1 N–H and O–H groups in total. The van der Waals surface area contributed by atoms with Crippen LogP contribution in [0.2, 0.25) is 0 Å². The molecule has 0 bridgehead atoms. The number of para-hydroxylation sites is 1. The maximum atomic E-state index is 12.5. The lowest BCUT2D eigenvalue weighted by molar-refractivity contribution is -0.140. The highest BCUT2D eigenvalue weighted by molar-refractivity contribution is 6.04. The minimum Gasteiger partial charge on any atom is -0.492 e. The van der Waals surface area contributed by atoms with Gasteiger partial charge < -0.3 is 14.8 Å². The Hall–Kier alpha value is -3.60. The van der Waals surface area contributed by atoms with Gasteiger partial charge in [-0.2, -0.15) is 0 Å². The highest BCUT2D eigenvalue weighted by atomic mass is 16.5. The van der Waals surface area contributed by atoms with Crippen LogP contribution in [0.3, 0.4) is 0 Å². The summed E-state index contributed by atoms with van der Waals surface area (Å²) in [4.78, 5) is 24.6. The molecule has 0 unspecified atom stereocenters. The van der Waals surface area contributed by atoms with Crippen molar-refractivity contribution in [1.82, 2.24) is 0 Å². The Morgan fingerprint density at radius 1 is 0.893 bits per heavy atom. The Morgan fingerprint density at radius 3 is 2.39 bits per heavy atom. The second-order valence-electron chi connectivity index (χ2n) is 6.59. The third-order valence-electron chi connectivity index (χ3n) is 4.58. The van der Waals surface area contributed by atoms with Crippen molar-refractivity contribution >= 4 is 17.6 Å². The molecule has 0 aliphatic carbocycles. The summed E-state index contributed by atoms with van der Waals surface area (Å²) in [7, 11) is 0. The third-order valence-corrected chi connectivity index (χ3v) is 4.58. The summed E-state index contributed by atoms with van der Waals surface area (Å²) in [6.07, 6.45) is 0.597. The lowest BCUT2D eigenvalue weighted by atomic mass is 9.97. The van der Waals surface area contributed by atoms with Crippen molar-refractivity contribution < 1.29 is 19.1 Å². The van der Waals surface area contributed by atoms with Gasteiger partial charge in [-0.15, -0.1) is 0 Å². The molecule has 1 aliphatic heterocycles. The fraction of sp³-hybridized carbons (Fsp3) is 0.130. The van der Waals surface area contributed by atoms with Gasteiger partial charge in [0, 0.05) is 11.3 Å². The molecule has 0 fully saturated rings. The molecule has 28 heavy (non-hydrogen) atoms. The Bertz CT molecular complexity index is 983. The second kappa shape index (κ2) is 7.96. The van der Waals surface area contributed by atoms with Crippen LogP contribution in [0.15, 0.2) is 78.9 Å². The van der Waals surface area contributed by atoms with E-state index < -0.39 is 0 Å². The largest absolute Gasteiger partial charge is 0.492 e. The van der Waals surface area contributed by atoms with E-state index in [2.05, 4.69) is 5.32 Å². The number of rotatable bonds is 4. The lowest BCUT2D eigenvalue weighted by Crippen LogP contribution is -2.31. The molecular weight excluding hydrogens is 354 g/mol. The van der Waals surface area contributed by atoms with Gasteiger partial charge in [0.15, 0.2) is 0 Å². The number of anilines is 1. The minimum absolute atomic E-state index is 0.191. The van der Waals surface area contributed by atoms with Gasteiger partial charge in [0.25, 0.3) is 5.91 Å². The van der Waals surface area contributed by atoms with Gasteiger partial charge in [-0.25, -0.2) is 0 Å². The number of hydrogen-bond acceptors (Lipinski definition) is 4. The fourth-order valence-electron chi connectivity index (χ4n) is 3.08. The first-order chi connectivity index (χ1) is 13.7. The van der Waals surface area contributed by atoms with Gasteiger partial charge in [0.05, 0.1) is 5.92 Å². The lowest BCUT2D eigenvalue weighted by Gasteiger charge is -2.23. The zero-order valence-electron chi connectivity index (χ0n) is 15.1. The van der Waals surface area contributed by atoms with Crippen LogP contribution in [0.5, 0.6) is 11.5 Å². The number of benzene rings is 3. The zero-order chi connectivity index (χ0) is 19.3. The van der Waals surface area contributed by atoms with Crippen LogP contribution in [0.4, 0.5) is 5.69 Å². The van der Waals surface area contributed by atoms with E-state index in [9.17, 15) is 9.59 Å². The van der Waals surface area contributed by atoms with Crippen molar-refractivity contribution in [3.05, 3.63) is 90.0 Å². The van der Waals surface area contributed by atoms with Crippen LogP contribution in [-0.2, 0) is 11.2 Å². The first-order valence-electron chi connectivity index (χ1n) is 9.08. The molecule has 140 valence electrons. The van der Waals surface area contributed by atoms with Crippen molar-refractivity contribution in [2.75, 3.05) is 11.9 Å². The molecule has 1 heterocycles. The summed E-state index contributed by atoms with van der Waals surface area (Å²) in [5.74, 6) is 0.401. The average molecular weight is 373 g/mol. The summed E-state index contributed by atoms with van der Waals surface area (Å²) < 4.78 is 11.1. The summed E-state index contributed by atoms with van der Waals surface area (Å²) in [6, 6.07) is 23.4. The van der Waals surface area contributed by atoms with Crippen LogP contribution in [0, 0.1) is 5.92 Å². The Balaban J connectivity index is 1.36. The van der Waals surface area contributed by atoms with E-state index in [0.29, 0.717) is 30.0 Å². The number of hydrogen-bond donors (Lipinski definition) is 1. The molecule has 0 saturated heterocycles. The molecule has 3 aromatic rings. The number of fused-ring (bicyclic) bond motifs is 1. The smallest absolute Gasteiger partial charge is 0.318 e. The molecule has 4 rings (SSSR count). The molecule has 5 nitrogen and oxygen atoms in total. The Labute approximate surface area is 162 Å². The van der Waals surface area contributed by atoms with Crippen LogP contribution >= 0.6 is 0 Å². The normalized spacial score (nSPS) is 15.1. The van der Waals surface area contributed by atoms with E-state index in [0.717, 1.165) is 11.3 Å². The number of amides is 1. The van der Waals surface area contributed by atoms with Crippen molar-refractivity contribution in [3.8, 4) is 11.5 Å². The predicted molar refractivity (Wildman–Crippen MR) is 106 cm³/mol. The van der Waals surface area contributed by atoms with Gasteiger partial charge in [-0.3, -0.25) is 9.59 Å². The van der Waals surface area contributed by atoms with E-state index in [1.54, 1.807) is 36.4 Å². The highest BCUT2D eigenvalue weighted by Gasteiger charge is 2.27. The molecule has 0 spiro atoms. The highest BCUT2D eigenvalue weighted by Crippen LogP contribution is 2.28. The molecule has 0 aromatic heterocycles. The maximum absolute atomic E-state index is 12.5.